The van der Waals surface area contributed by atoms with E-state index in [1.54, 1.807) is 24.3 Å². The quantitative estimate of drug-likeness (QED) is 0.366. The van der Waals surface area contributed by atoms with Gasteiger partial charge in [-0.25, -0.2) is 4.85 Å². The summed E-state index contributed by atoms with van der Waals surface area (Å²) in [6, 6.07) is 9.78. The first-order chi connectivity index (χ1) is 3.93. The van der Waals surface area contributed by atoms with Crippen molar-refractivity contribution >= 4 is 28.7 Å². The van der Waals surface area contributed by atoms with E-state index in [1.165, 1.54) is 0 Å². The fraction of sp³-hybridized carbons (Fsp3) is 0. The third-order valence-corrected chi connectivity index (χ3v) is 0.820. The second-order valence-electron chi connectivity index (χ2n) is 1.37. The maximum Gasteiger partial charge on any atom is 2.00 e. The molecule has 1 nitrogen and oxygen atoms in total. The number of hydrogen-bond acceptors (Lipinski definition) is 0. The van der Waals surface area contributed by atoms with Gasteiger partial charge in [0, 0.05) is 0 Å². The van der Waals surface area contributed by atoms with E-state index < -0.39 is 0 Å². The Morgan fingerprint density at radius 3 is 2.50 bits per heavy atom. The van der Waals surface area contributed by atoms with Crippen LogP contribution in [0.5, 0.6) is 0 Å². The van der Waals surface area contributed by atoms with Crippen LogP contribution in [0.2, 0.25) is 0 Å². The average molecular weight is 206 g/mol. The van der Waals surface area contributed by atoms with Crippen molar-refractivity contribution in [1.29, 1.82) is 0 Å². The molecule has 0 spiro atoms. The summed E-state index contributed by atoms with van der Waals surface area (Å²) in [6.07, 6.45) is 0. The maximum absolute atomic E-state index is 6.55. The summed E-state index contributed by atoms with van der Waals surface area (Å²) in [6.45, 7) is 6.55. The Morgan fingerprint density at radius 1 is 1.50 bits per heavy atom. The molecule has 1 rings (SSSR count). The first-order valence-electron chi connectivity index (χ1n) is 2.27. The molecule has 0 radical (unpaired) electrons. The molecular weight excluding hydrogens is 202 g/mol. The second-order valence-corrected chi connectivity index (χ2v) is 1.37. The van der Waals surface area contributed by atoms with Crippen LogP contribution in [0.25, 0.3) is 4.85 Å². The predicted molar refractivity (Wildman–Crippen MR) is 37.3 cm³/mol. The molecule has 1 aromatic carbocycles. The Morgan fingerprint density at radius 2 is 2.20 bits per heavy atom. The van der Waals surface area contributed by atoms with Crippen LogP contribution in [0.15, 0.2) is 24.3 Å². The van der Waals surface area contributed by atoms with Crippen molar-refractivity contribution in [2.75, 3.05) is 0 Å². The van der Waals surface area contributed by atoms with E-state index in [4.69, 9.17) is 6.57 Å². The van der Waals surface area contributed by atoms with E-state index in [2.05, 4.69) is 10.9 Å². The fourth-order valence-corrected chi connectivity index (χ4v) is 0.453. The van der Waals surface area contributed by atoms with Gasteiger partial charge >= 0.3 is 23.1 Å². The van der Waals surface area contributed by atoms with Crippen molar-refractivity contribution in [3.05, 3.63) is 41.7 Å². The topological polar surface area (TPSA) is 4.36 Å². The Hall–Kier alpha value is -0.0438. The standard InChI is InChI=1S/C7H4N.BrH.Mg/c1-8-7-5-3-2-4-6-7;;/h2-3,5-6H;1H;/q-1;;+2/p-1. The van der Waals surface area contributed by atoms with Gasteiger partial charge in [0.05, 0.1) is 0 Å². The third-order valence-electron chi connectivity index (χ3n) is 0.820. The van der Waals surface area contributed by atoms with Crippen molar-refractivity contribution in [1.82, 2.24) is 0 Å². The van der Waals surface area contributed by atoms with Crippen molar-refractivity contribution < 1.29 is 17.0 Å². The number of benzene rings is 1. The maximum atomic E-state index is 6.55. The van der Waals surface area contributed by atoms with Crippen LogP contribution >= 0.6 is 0 Å². The summed E-state index contributed by atoms with van der Waals surface area (Å²) < 4.78 is 0. The summed E-state index contributed by atoms with van der Waals surface area (Å²) in [4.78, 5) is 3.19. The van der Waals surface area contributed by atoms with Crippen LogP contribution < -0.4 is 17.0 Å². The third kappa shape index (κ3) is 3.88. The van der Waals surface area contributed by atoms with Gasteiger partial charge in [-0.1, -0.05) is 12.1 Å². The molecule has 1 aromatic rings. The van der Waals surface area contributed by atoms with Gasteiger partial charge < -0.3 is 17.0 Å². The van der Waals surface area contributed by atoms with Gasteiger partial charge in [-0.15, -0.1) is 0 Å². The van der Waals surface area contributed by atoms with Crippen molar-refractivity contribution in [3.63, 3.8) is 0 Å². The molecule has 0 bridgehead atoms. The molecule has 0 atom stereocenters. The molecule has 0 N–H and O–H groups in total. The molecule has 0 saturated carbocycles. The Labute approximate surface area is 87.2 Å². The van der Waals surface area contributed by atoms with Crippen LogP contribution in [0.4, 0.5) is 5.69 Å². The molecule has 10 heavy (non-hydrogen) atoms. The van der Waals surface area contributed by atoms with Crippen LogP contribution in [0.3, 0.4) is 0 Å². The molecule has 0 aliphatic carbocycles. The van der Waals surface area contributed by atoms with Gasteiger partial charge in [-0.05, 0) is 0 Å². The van der Waals surface area contributed by atoms with Crippen molar-refractivity contribution in [2.24, 2.45) is 0 Å². The van der Waals surface area contributed by atoms with E-state index in [0.717, 1.165) is 0 Å². The SMILES string of the molecule is [Br-].[C-]#[N+]c1c[c-]ccc1.[Mg+2]. The van der Waals surface area contributed by atoms with Gasteiger partial charge in [0.1, 0.15) is 6.57 Å². The van der Waals surface area contributed by atoms with E-state index in [-0.39, 0.29) is 40.0 Å². The van der Waals surface area contributed by atoms with E-state index in [0.29, 0.717) is 5.69 Å². The molecule has 46 valence electrons. The number of nitrogens with zero attached hydrogens (tertiary/aromatic N) is 1. The smallest absolute Gasteiger partial charge is 1.00 e. The Kier molecular flexibility index (Phi) is 8.92. The molecule has 0 unspecified atom stereocenters. The molecule has 0 saturated heterocycles. The molecule has 0 amide bonds. The number of halogens is 1. The molecule has 0 aliphatic rings. The molecule has 0 heterocycles. The monoisotopic (exact) mass is 205 g/mol. The van der Waals surface area contributed by atoms with Crippen LogP contribution in [0, 0.1) is 12.6 Å². The number of rotatable bonds is 0. The van der Waals surface area contributed by atoms with Crippen LogP contribution in [-0.2, 0) is 0 Å². The zero-order valence-corrected chi connectivity index (χ0v) is 8.34. The van der Waals surface area contributed by atoms with Crippen LogP contribution in [-0.4, -0.2) is 23.1 Å². The zero-order valence-electron chi connectivity index (χ0n) is 5.34. The molecule has 0 aromatic heterocycles. The van der Waals surface area contributed by atoms with E-state index in [9.17, 15) is 0 Å². The summed E-state index contributed by atoms with van der Waals surface area (Å²) in [7, 11) is 0. The Balaban J connectivity index is 0. The normalized spacial score (nSPS) is 6.30. The van der Waals surface area contributed by atoms with Crippen molar-refractivity contribution in [2.45, 2.75) is 0 Å². The minimum Gasteiger partial charge on any atom is -1.00 e. The Bertz CT molecular complexity index is 205. The largest absolute Gasteiger partial charge is 2.00 e. The molecule has 3 heteroatoms. The molecule has 0 aliphatic heterocycles. The van der Waals surface area contributed by atoms with Crippen LogP contribution in [0.1, 0.15) is 0 Å². The summed E-state index contributed by atoms with van der Waals surface area (Å²) in [5.74, 6) is 0. The van der Waals surface area contributed by atoms with Gasteiger partial charge in [0.2, 0.25) is 5.69 Å². The first kappa shape index (κ1) is 12.6. The van der Waals surface area contributed by atoms with Gasteiger partial charge in [-0.2, -0.15) is 18.2 Å². The first-order valence-corrected chi connectivity index (χ1v) is 2.27. The average Bonchev–Trinajstić information content (AvgIpc) is 1.90. The predicted octanol–water partition coefficient (Wildman–Crippen LogP) is -1.34. The minimum absolute atomic E-state index is 0. The molecule has 0 fully saturated rings. The van der Waals surface area contributed by atoms with E-state index in [1.807, 2.05) is 0 Å². The number of hydrogen-bond donors (Lipinski definition) is 0. The molecular formula is C7H4BrMgN. The van der Waals surface area contributed by atoms with Gasteiger partial charge in [0.25, 0.3) is 0 Å². The summed E-state index contributed by atoms with van der Waals surface area (Å²) in [5, 5.41) is 0. The second kappa shape index (κ2) is 7.07. The van der Waals surface area contributed by atoms with E-state index >= 15 is 0 Å². The fourth-order valence-electron chi connectivity index (χ4n) is 0.453. The minimum atomic E-state index is 0. The van der Waals surface area contributed by atoms with Gasteiger partial charge in [-0.3, -0.25) is 0 Å². The summed E-state index contributed by atoms with van der Waals surface area (Å²) >= 11 is 0. The van der Waals surface area contributed by atoms with Gasteiger partial charge in [0.15, 0.2) is 0 Å². The zero-order chi connectivity index (χ0) is 5.82. The van der Waals surface area contributed by atoms with Crippen molar-refractivity contribution in [3.8, 4) is 0 Å². The summed E-state index contributed by atoms with van der Waals surface area (Å²) in [5.41, 5.74) is 0.646.